The molecule has 0 unspecified atom stereocenters. The lowest BCUT2D eigenvalue weighted by atomic mass is 10.2. The number of carbonyl (C=O) groups is 1. The van der Waals surface area contributed by atoms with Crippen LogP contribution in [0.5, 0.6) is 0 Å². The molecule has 1 heterocycles. The second-order valence-corrected chi connectivity index (χ2v) is 7.60. The Kier molecular flexibility index (Phi) is 4.68. The summed E-state index contributed by atoms with van der Waals surface area (Å²) in [6.07, 6.45) is 0. The molecule has 0 spiro atoms. The van der Waals surface area contributed by atoms with Crippen LogP contribution in [0.4, 0.5) is 0 Å². The van der Waals surface area contributed by atoms with Crippen LogP contribution in [0.3, 0.4) is 0 Å². The smallest absolute Gasteiger partial charge is 0.339 e. The van der Waals surface area contributed by atoms with Gasteiger partial charge in [-0.05, 0) is 47.9 Å². The number of benzene rings is 2. The number of carbonyl (C=O) groups excluding carboxylic acids is 1. The zero-order valence-corrected chi connectivity index (χ0v) is 14.9. The van der Waals surface area contributed by atoms with Gasteiger partial charge in [-0.3, -0.25) is 4.79 Å². The highest BCUT2D eigenvalue weighted by Crippen LogP contribution is 2.31. The molecule has 4 nitrogen and oxygen atoms in total. The molecule has 23 heavy (non-hydrogen) atoms. The number of aromatic nitrogens is 1. The van der Waals surface area contributed by atoms with Gasteiger partial charge in [-0.1, -0.05) is 23.2 Å². The van der Waals surface area contributed by atoms with Crippen LogP contribution in [0, 0.1) is 0 Å². The van der Waals surface area contributed by atoms with Crippen molar-refractivity contribution in [1.29, 1.82) is 0 Å². The molecule has 0 aliphatic heterocycles. The molecule has 0 aliphatic rings. The Morgan fingerprint density at radius 3 is 2.61 bits per heavy atom. The van der Waals surface area contributed by atoms with E-state index in [1.807, 2.05) is 0 Å². The molecule has 0 bridgehead atoms. The van der Waals surface area contributed by atoms with Crippen molar-refractivity contribution in [3.05, 3.63) is 62.4 Å². The van der Waals surface area contributed by atoms with E-state index in [1.54, 1.807) is 30.3 Å². The molecule has 0 N–H and O–H groups in total. The lowest BCUT2D eigenvalue weighted by molar-refractivity contribution is 0.0597. The Hall–Kier alpha value is -1.47. The lowest BCUT2D eigenvalue weighted by Crippen LogP contribution is -2.09. The van der Waals surface area contributed by atoms with Gasteiger partial charge in [-0.2, -0.15) is 3.36 Å². The minimum atomic E-state index is -0.507. The number of rotatable bonds is 3. The second-order valence-electron chi connectivity index (χ2n) is 4.52. The first-order chi connectivity index (χ1) is 11.0. The van der Waals surface area contributed by atoms with Crippen molar-refractivity contribution in [2.75, 3.05) is 7.11 Å². The number of ether oxygens (including phenoxy) is 1. The molecule has 0 saturated heterocycles. The third-order valence-electron chi connectivity index (χ3n) is 3.05. The summed E-state index contributed by atoms with van der Waals surface area (Å²) in [6, 6.07) is 10.0. The number of esters is 1. The maximum absolute atomic E-state index is 12.5. The summed E-state index contributed by atoms with van der Waals surface area (Å²) in [4.78, 5) is 24.9. The van der Waals surface area contributed by atoms with Crippen molar-refractivity contribution in [3.63, 3.8) is 0 Å². The molecule has 0 atom stereocenters. The van der Waals surface area contributed by atoms with Gasteiger partial charge in [-0.15, -0.1) is 0 Å². The van der Waals surface area contributed by atoms with Gasteiger partial charge in [0.2, 0.25) is 0 Å². The summed E-state index contributed by atoms with van der Waals surface area (Å²) in [6.45, 7) is 0. The molecule has 2 aromatic carbocycles. The minimum absolute atomic E-state index is 0.178. The fourth-order valence-corrected chi connectivity index (χ4v) is 4.42. The fourth-order valence-electron chi connectivity index (χ4n) is 1.98. The number of hydrogen-bond donors (Lipinski definition) is 0. The highest BCUT2D eigenvalue weighted by molar-refractivity contribution is 7.99. The molecular weight excluding hydrogens is 377 g/mol. The first kappa shape index (κ1) is 16.4. The van der Waals surface area contributed by atoms with E-state index in [4.69, 9.17) is 27.9 Å². The highest BCUT2D eigenvalue weighted by atomic mass is 35.5. The maximum atomic E-state index is 12.5. The topological polar surface area (TPSA) is 48.3 Å². The summed E-state index contributed by atoms with van der Waals surface area (Å²) in [5.74, 6) is -0.507. The minimum Gasteiger partial charge on any atom is -0.465 e. The van der Waals surface area contributed by atoms with E-state index >= 15 is 0 Å². The Morgan fingerprint density at radius 2 is 1.87 bits per heavy atom. The molecule has 3 aromatic rings. The summed E-state index contributed by atoms with van der Waals surface area (Å²) >= 11 is 14.3. The van der Waals surface area contributed by atoms with Gasteiger partial charge in [-0.25, -0.2) is 4.79 Å². The van der Waals surface area contributed by atoms with Crippen LogP contribution in [0.15, 0.2) is 46.1 Å². The summed E-state index contributed by atoms with van der Waals surface area (Å²) in [7, 11) is 1.30. The maximum Gasteiger partial charge on any atom is 0.339 e. The predicted octanol–water partition coefficient (Wildman–Crippen LogP) is 4.71. The van der Waals surface area contributed by atoms with Gasteiger partial charge in [0.1, 0.15) is 0 Å². The van der Waals surface area contributed by atoms with Gasteiger partial charge >= 0.3 is 5.97 Å². The van der Waals surface area contributed by atoms with Gasteiger partial charge in [0.15, 0.2) is 0 Å². The summed E-state index contributed by atoms with van der Waals surface area (Å²) in [5, 5.41) is 1.47. The van der Waals surface area contributed by atoms with Crippen molar-refractivity contribution < 1.29 is 9.53 Å². The molecule has 1 aromatic heterocycles. The first-order valence-electron chi connectivity index (χ1n) is 6.37. The molecule has 0 fully saturated rings. The summed E-state index contributed by atoms with van der Waals surface area (Å²) in [5.41, 5.74) is 0.135. The quantitative estimate of drug-likeness (QED) is 0.612. The number of halogens is 2. The lowest BCUT2D eigenvalue weighted by Gasteiger charge is -2.07. The molecule has 0 radical (unpaired) electrons. The van der Waals surface area contributed by atoms with Gasteiger partial charge in [0.05, 0.1) is 22.8 Å². The Labute approximate surface area is 149 Å². The molecule has 8 heteroatoms. The SMILES string of the molecule is COC(=O)c1cc(Cl)ccc1Sn1sc2ccc(Cl)cc2c1=O. The fraction of sp³-hybridized carbons (Fsp3) is 0.0667. The van der Waals surface area contributed by atoms with E-state index in [0.29, 0.717) is 25.9 Å². The largest absolute Gasteiger partial charge is 0.465 e. The zero-order valence-electron chi connectivity index (χ0n) is 11.7. The first-order valence-corrected chi connectivity index (χ1v) is 8.67. The van der Waals surface area contributed by atoms with Crippen molar-refractivity contribution in [2.45, 2.75) is 4.90 Å². The van der Waals surface area contributed by atoms with Gasteiger partial charge < -0.3 is 4.74 Å². The number of fused-ring (bicyclic) bond motifs is 1. The van der Waals surface area contributed by atoms with Gasteiger partial charge in [0, 0.05) is 26.9 Å². The van der Waals surface area contributed by atoms with Crippen molar-refractivity contribution in [1.82, 2.24) is 3.36 Å². The Morgan fingerprint density at radius 1 is 1.17 bits per heavy atom. The number of methoxy groups -OCH3 is 1. The molecular formula is C15H9Cl2NO3S2. The highest BCUT2D eigenvalue weighted by Gasteiger charge is 2.16. The Balaban J connectivity index is 2.08. The molecule has 0 aliphatic carbocycles. The number of hydrogen-bond acceptors (Lipinski definition) is 5. The van der Waals surface area contributed by atoms with Crippen LogP contribution >= 0.6 is 46.7 Å². The average Bonchev–Trinajstić information content (AvgIpc) is 2.84. The average molecular weight is 386 g/mol. The van der Waals surface area contributed by atoms with Crippen LogP contribution in [-0.2, 0) is 4.74 Å². The second kappa shape index (κ2) is 6.57. The third kappa shape index (κ3) is 3.26. The van der Waals surface area contributed by atoms with E-state index in [0.717, 1.165) is 16.6 Å². The van der Waals surface area contributed by atoms with E-state index in [2.05, 4.69) is 0 Å². The Bertz CT molecular complexity index is 965. The molecule has 0 saturated carbocycles. The molecule has 118 valence electrons. The monoisotopic (exact) mass is 385 g/mol. The van der Waals surface area contributed by atoms with Crippen LogP contribution in [-0.4, -0.2) is 16.4 Å². The van der Waals surface area contributed by atoms with Crippen LogP contribution in [0.1, 0.15) is 10.4 Å². The van der Waals surface area contributed by atoms with Crippen LogP contribution in [0.2, 0.25) is 10.0 Å². The summed E-state index contributed by atoms with van der Waals surface area (Å²) < 4.78 is 7.08. The standard InChI is InChI=1S/C15H9Cl2NO3S2/c1-21-15(20)11-7-9(17)3-5-13(11)23-18-14(19)10-6-8(16)2-4-12(10)22-18/h2-7H,1H3. The predicted molar refractivity (Wildman–Crippen MR) is 95.1 cm³/mol. The van der Waals surface area contributed by atoms with E-state index in [1.165, 1.54) is 28.1 Å². The zero-order chi connectivity index (χ0) is 16.6. The molecule has 0 amide bonds. The van der Waals surface area contributed by atoms with Crippen molar-refractivity contribution in [2.24, 2.45) is 0 Å². The molecule has 3 rings (SSSR count). The van der Waals surface area contributed by atoms with E-state index in [9.17, 15) is 9.59 Å². The van der Waals surface area contributed by atoms with Crippen LogP contribution in [0.25, 0.3) is 10.1 Å². The van der Waals surface area contributed by atoms with Crippen molar-refractivity contribution in [3.8, 4) is 0 Å². The van der Waals surface area contributed by atoms with E-state index < -0.39 is 5.97 Å². The number of nitrogens with zero attached hydrogens (tertiary/aromatic N) is 1. The van der Waals surface area contributed by atoms with Crippen molar-refractivity contribution >= 4 is 62.7 Å². The van der Waals surface area contributed by atoms with Crippen LogP contribution < -0.4 is 5.56 Å². The van der Waals surface area contributed by atoms with E-state index in [-0.39, 0.29) is 5.56 Å². The third-order valence-corrected chi connectivity index (χ3v) is 5.73. The van der Waals surface area contributed by atoms with Gasteiger partial charge in [0.25, 0.3) is 5.56 Å². The normalized spacial score (nSPS) is 10.9.